The summed E-state index contributed by atoms with van der Waals surface area (Å²) in [6, 6.07) is 3.29. The van der Waals surface area contributed by atoms with Gasteiger partial charge in [-0.05, 0) is 19.1 Å². The third kappa shape index (κ3) is 1.48. The molecular weight excluding hydrogens is 202 g/mol. The second-order valence-electron chi connectivity index (χ2n) is 2.99. The third-order valence-corrected chi connectivity index (χ3v) is 2.22. The SMILES string of the molecule is CC1=CCC(=O)N1c1ccc(Cl)nn1. The van der Waals surface area contributed by atoms with Crippen molar-refractivity contribution in [2.24, 2.45) is 0 Å². The summed E-state index contributed by atoms with van der Waals surface area (Å²) < 4.78 is 0. The molecule has 1 aliphatic rings. The van der Waals surface area contributed by atoms with Crippen molar-refractivity contribution >= 4 is 23.3 Å². The number of amides is 1. The first-order chi connectivity index (χ1) is 6.68. The number of rotatable bonds is 1. The number of hydrogen-bond acceptors (Lipinski definition) is 3. The highest BCUT2D eigenvalue weighted by Crippen LogP contribution is 2.22. The van der Waals surface area contributed by atoms with E-state index in [4.69, 9.17) is 11.6 Å². The highest BCUT2D eigenvalue weighted by atomic mass is 35.5. The highest BCUT2D eigenvalue weighted by molar-refractivity contribution is 6.29. The van der Waals surface area contributed by atoms with Crippen molar-refractivity contribution < 1.29 is 4.79 Å². The summed E-state index contributed by atoms with van der Waals surface area (Å²) in [7, 11) is 0. The van der Waals surface area contributed by atoms with Gasteiger partial charge in [-0.3, -0.25) is 9.69 Å². The maximum atomic E-state index is 11.4. The normalized spacial score (nSPS) is 16.0. The van der Waals surface area contributed by atoms with Crippen LogP contribution in [0.25, 0.3) is 0 Å². The van der Waals surface area contributed by atoms with E-state index >= 15 is 0 Å². The molecule has 0 spiro atoms. The minimum Gasteiger partial charge on any atom is -0.274 e. The largest absolute Gasteiger partial charge is 0.274 e. The van der Waals surface area contributed by atoms with Crippen LogP contribution in [-0.2, 0) is 4.79 Å². The van der Waals surface area contributed by atoms with E-state index in [1.165, 1.54) is 4.90 Å². The number of carbonyl (C=O) groups excluding carboxylic acids is 1. The van der Waals surface area contributed by atoms with Gasteiger partial charge in [0.05, 0.1) is 0 Å². The fourth-order valence-electron chi connectivity index (χ4n) is 1.35. The van der Waals surface area contributed by atoms with Gasteiger partial charge in [0.2, 0.25) is 5.91 Å². The van der Waals surface area contributed by atoms with E-state index in [-0.39, 0.29) is 5.91 Å². The lowest BCUT2D eigenvalue weighted by molar-refractivity contribution is -0.116. The first kappa shape index (κ1) is 9.15. The molecule has 5 heteroatoms. The van der Waals surface area contributed by atoms with Gasteiger partial charge < -0.3 is 0 Å². The summed E-state index contributed by atoms with van der Waals surface area (Å²) in [5, 5.41) is 7.85. The minimum absolute atomic E-state index is 0.0131. The second kappa shape index (κ2) is 3.38. The van der Waals surface area contributed by atoms with Gasteiger partial charge in [-0.1, -0.05) is 17.7 Å². The minimum atomic E-state index is 0.0131. The number of nitrogens with zero attached hydrogens (tertiary/aromatic N) is 3. The molecule has 14 heavy (non-hydrogen) atoms. The van der Waals surface area contributed by atoms with Gasteiger partial charge in [0, 0.05) is 12.1 Å². The molecule has 0 atom stereocenters. The van der Waals surface area contributed by atoms with E-state index in [9.17, 15) is 4.79 Å². The van der Waals surface area contributed by atoms with Crippen molar-refractivity contribution in [2.45, 2.75) is 13.3 Å². The van der Waals surface area contributed by atoms with Crippen molar-refractivity contribution in [1.29, 1.82) is 0 Å². The summed E-state index contributed by atoms with van der Waals surface area (Å²) in [5.74, 6) is 0.532. The van der Waals surface area contributed by atoms with Crippen LogP contribution >= 0.6 is 11.6 Å². The van der Waals surface area contributed by atoms with Gasteiger partial charge in [0.25, 0.3) is 0 Å². The zero-order valence-corrected chi connectivity index (χ0v) is 8.32. The molecule has 0 fully saturated rings. The fraction of sp³-hybridized carbons (Fsp3) is 0.222. The molecule has 0 aliphatic carbocycles. The van der Waals surface area contributed by atoms with E-state index in [1.54, 1.807) is 12.1 Å². The fourth-order valence-corrected chi connectivity index (χ4v) is 1.45. The van der Waals surface area contributed by atoms with Crippen LogP contribution in [0.4, 0.5) is 5.82 Å². The lowest BCUT2D eigenvalue weighted by atomic mass is 10.4. The van der Waals surface area contributed by atoms with Gasteiger partial charge in [-0.15, -0.1) is 10.2 Å². The van der Waals surface area contributed by atoms with Crippen LogP contribution in [0, 0.1) is 0 Å². The molecule has 0 saturated heterocycles. The molecule has 1 aromatic rings. The molecule has 0 aromatic carbocycles. The highest BCUT2D eigenvalue weighted by Gasteiger charge is 2.23. The van der Waals surface area contributed by atoms with E-state index in [2.05, 4.69) is 10.2 Å². The predicted molar refractivity (Wildman–Crippen MR) is 52.9 cm³/mol. The average Bonchev–Trinajstić information content (AvgIpc) is 2.49. The van der Waals surface area contributed by atoms with Crippen LogP contribution in [0.2, 0.25) is 5.15 Å². The van der Waals surface area contributed by atoms with Crippen LogP contribution in [0.5, 0.6) is 0 Å². The van der Waals surface area contributed by atoms with Crippen LogP contribution in [0.1, 0.15) is 13.3 Å². The van der Waals surface area contributed by atoms with Crippen LogP contribution in [0.3, 0.4) is 0 Å². The number of halogens is 1. The Morgan fingerprint density at radius 1 is 1.43 bits per heavy atom. The summed E-state index contributed by atoms with van der Waals surface area (Å²) in [6.45, 7) is 1.86. The Morgan fingerprint density at radius 3 is 2.71 bits per heavy atom. The van der Waals surface area contributed by atoms with E-state index < -0.39 is 0 Å². The van der Waals surface area contributed by atoms with Gasteiger partial charge >= 0.3 is 0 Å². The number of allylic oxidation sites excluding steroid dienone is 1. The second-order valence-corrected chi connectivity index (χ2v) is 3.38. The van der Waals surface area contributed by atoms with Gasteiger partial charge in [0.1, 0.15) is 0 Å². The zero-order chi connectivity index (χ0) is 10.1. The van der Waals surface area contributed by atoms with Crippen molar-refractivity contribution in [2.75, 3.05) is 4.90 Å². The molecule has 0 saturated carbocycles. The molecule has 2 heterocycles. The summed E-state index contributed by atoms with van der Waals surface area (Å²) in [6.07, 6.45) is 2.29. The van der Waals surface area contributed by atoms with E-state index in [1.807, 2.05) is 13.0 Å². The van der Waals surface area contributed by atoms with Crippen LogP contribution in [-0.4, -0.2) is 16.1 Å². The topological polar surface area (TPSA) is 46.1 Å². The Kier molecular flexibility index (Phi) is 2.21. The molecule has 1 aliphatic heterocycles. The Morgan fingerprint density at radius 2 is 2.21 bits per heavy atom. The first-order valence-electron chi connectivity index (χ1n) is 4.17. The Labute approximate surface area is 86.2 Å². The summed E-state index contributed by atoms with van der Waals surface area (Å²) >= 11 is 5.60. The Bertz CT molecular complexity index is 399. The molecule has 0 radical (unpaired) electrons. The van der Waals surface area contributed by atoms with E-state index in [0.29, 0.717) is 17.4 Å². The zero-order valence-electron chi connectivity index (χ0n) is 7.57. The molecule has 4 nitrogen and oxygen atoms in total. The molecule has 2 rings (SSSR count). The number of hydrogen-bond donors (Lipinski definition) is 0. The Balaban J connectivity index is 2.35. The number of carbonyl (C=O) groups is 1. The van der Waals surface area contributed by atoms with Crippen LogP contribution in [0.15, 0.2) is 23.9 Å². The maximum absolute atomic E-state index is 11.4. The van der Waals surface area contributed by atoms with Crippen LogP contribution < -0.4 is 4.90 Å². The quantitative estimate of drug-likeness (QED) is 0.708. The van der Waals surface area contributed by atoms with Crippen molar-refractivity contribution in [3.05, 3.63) is 29.1 Å². The van der Waals surface area contributed by atoms with Crippen molar-refractivity contribution in [3.8, 4) is 0 Å². The molecule has 1 aromatic heterocycles. The molecule has 0 unspecified atom stereocenters. The van der Waals surface area contributed by atoms with E-state index in [0.717, 1.165) is 5.70 Å². The number of anilines is 1. The predicted octanol–water partition coefficient (Wildman–Crippen LogP) is 1.77. The standard InChI is InChI=1S/C9H8ClN3O/c1-6-2-5-9(14)13(6)8-4-3-7(10)11-12-8/h2-4H,5H2,1H3. The van der Waals surface area contributed by atoms with Gasteiger partial charge in [0.15, 0.2) is 11.0 Å². The first-order valence-corrected chi connectivity index (χ1v) is 4.55. The van der Waals surface area contributed by atoms with Crippen molar-refractivity contribution in [1.82, 2.24) is 10.2 Å². The lowest BCUT2D eigenvalue weighted by Crippen LogP contribution is -2.24. The summed E-state index contributed by atoms with van der Waals surface area (Å²) in [4.78, 5) is 13.0. The third-order valence-electron chi connectivity index (χ3n) is 2.02. The number of aromatic nitrogens is 2. The lowest BCUT2D eigenvalue weighted by Gasteiger charge is -2.15. The monoisotopic (exact) mass is 209 g/mol. The molecule has 0 bridgehead atoms. The van der Waals surface area contributed by atoms with Gasteiger partial charge in [-0.25, -0.2) is 0 Å². The van der Waals surface area contributed by atoms with Gasteiger partial charge in [-0.2, -0.15) is 0 Å². The van der Waals surface area contributed by atoms with Crippen molar-refractivity contribution in [3.63, 3.8) is 0 Å². The molecule has 1 amide bonds. The maximum Gasteiger partial charge on any atom is 0.236 e. The summed E-state index contributed by atoms with van der Waals surface area (Å²) in [5.41, 5.74) is 0.881. The average molecular weight is 210 g/mol. The molecule has 0 N–H and O–H groups in total. The molecule has 72 valence electrons. The Hall–Kier alpha value is -1.42. The smallest absolute Gasteiger partial charge is 0.236 e. The molecular formula is C9H8ClN3O.